The second-order valence-electron chi connectivity index (χ2n) is 8.76. The fourth-order valence-electron chi connectivity index (χ4n) is 3.89. The lowest BCUT2D eigenvalue weighted by Crippen LogP contribution is -2.39. The van der Waals surface area contributed by atoms with Gasteiger partial charge in [0.05, 0.1) is 18.2 Å². The summed E-state index contributed by atoms with van der Waals surface area (Å²) in [7, 11) is 1.15. The number of methoxy groups -OCH3 is 1. The number of hydrogen-bond donors (Lipinski definition) is 1. The van der Waals surface area contributed by atoms with E-state index >= 15 is 0 Å². The molecule has 1 heterocycles. The molecule has 0 saturated carbocycles. The summed E-state index contributed by atoms with van der Waals surface area (Å²) in [5.74, 6) is -0.929. The molecule has 1 aliphatic rings. The zero-order valence-electron chi connectivity index (χ0n) is 18.1. The van der Waals surface area contributed by atoms with Gasteiger partial charge in [0.15, 0.2) is 6.10 Å². The molecule has 0 spiro atoms. The number of hydrogen-bond acceptors (Lipinski definition) is 6. The standard InChI is InChI=1S/C23H28N2O5/c1-13(20(26)25-22(28)29-5)30-21(27)19-15-8-6-7-9-17(15)24-18-11-10-14(12-16(18)19)23(2,3)4/h6-9,13-14H,10-12H2,1-5H3,(H,25,26,28)/t13-,14-/m0/s1. The van der Waals surface area contributed by atoms with Crippen molar-refractivity contribution >= 4 is 28.9 Å². The molecular formula is C23H28N2O5. The fraction of sp³-hybridized carbons (Fsp3) is 0.478. The minimum atomic E-state index is -1.15. The molecule has 2 atom stereocenters. The van der Waals surface area contributed by atoms with Crippen LogP contribution in [-0.4, -0.2) is 36.2 Å². The molecule has 0 saturated heterocycles. The third-order valence-corrected chi connectivity index (χ3v) is 5.75. The van der Waals surface area contributed by atoms with E-state index in [0.29, 0.717) is 16.9 Å². The van der Waals surface area contributed by atoms with Crippen molar-refractivity contribution in [3.05, 3.63) is 41.1 Å². The lowest BCUT2D eigenvalue weighted by molar-refractivity contribution is -0.128. The number of aromatic nitrogens is 1. The number of amides is 2. The van der Waals surface area contributed by atoms with Crippen LogP contribution in [0.5, 0.6) is 0 Å². The SMILES string of the molecule is COC(=O)NC(=O)[C@H](C)OC(=O)c1c2c(nc3ccccc13)CC[C@H](C(C)(C)C)C2. The Balaban J connectivity index is 1.98. The average Bonchev–Trinajstić information content (AvgIpc) is 2.70. The van der Waals surface area contributed by atoms with Crippen LogP contribution in [0.1, 0.15) is 55.7 Å². The highest BCUT2D eigenvalue weighted by molar-refractivity contribution is 6.06. The summed E-state index contributed by atoms with van der Waals surface area (Å²) < 4.78 is 9.87. The van der Waals surface area contributed by atoms with Crippen LogP contribution in [0.2, 0.25) is 0 Å². The topological polar surface area (TPSA) is 94.6 Å². The van der Waals surface area contributed by atoms with E-state index in [1.165, 1.54) is 6.92 Å². The van der Waals surface area contributed by atoms with E-state index in [9.17, 15) is 14.4 Å². The molecule has 2 aromatic rings. The Labute approximate surface area is 176 Å². The summed E-state index contributed by atoms with van der Waals surface area (Å²) in [5, 5.41) is 2.73. The number of alkyl carbamates (subject to hydrolysis) is 1. The molecule has 160 valence electrons. The van der Waals surface area contributed by atoms with Crippen molar-refractivity contribution in [2.75, 3.05) is 7.11 Å². The van der Waals surface area contributed by atoms with Crippen molar-refractivity contribution in [2.24, 2.45) is 11.3 Å². The van der Waals surface area contributed by atoms with E-state index in [1.807, 2.05) is 29.6 Å². The fourth-order valence-corrected chi connectivity index (χ4v) is 3.89. The number of ether oxygens (including phenoxy) is 2. The quantitative estimate of drug-likeness (QED) is 0.771. The highest BCUT2D eigenvalue weighted by Gasteiger charge is 2.34. The molecule has 0 radical (unpaired) electrons. The molecule has 1 N–H and O–H groups in total. The molecule has 0 unspecified atom stereocenters. The van der Waals surface area contributed by atoms with Crippen LogP contribution < -0.4 is 5.32 Å². The normalized spacial score (nSPS) is 17.0. The summed E-state index contributed by atoms with van der Waals surface area (Å²) in [4.78, 5) is 41.4. The van der Waals surface area contributed by atoms with Crippen molar-refractivity contribution in [3.63, 3.8) is 0 Å². The molecule has 30 heavy (non-hydrogen) atoms. The number of aryl methyl sites for hydroxylation is 1. The van der Waals surface area contributed by atoms with Gasteiger partial charge in [-0.05, 0) is 49.1 Å². The van der Waals surface area contributed by atoms with Crippen LogP contribution in [-0.2, 0) is 27.1 Å². The van der Waals surface area contributed by atoms with Crippen LogP contribution >= 0.6 is 0 Å². The van der Waals surface area contributed by atoms with E-state index in [4.69, 9.17) is 9.72 Å². The van der Waals surface area contributed by atoms with E-state index < -0.39 is 24.1 Å². The van der Waals surface area contributed by atoms with Crippen molar-refractivity contribution in [3.8, 4) is 0 Å². The first-order valence-electron chi connectivity index (χ1n) is 10.1. The Kier molecular flexibility index (Phi) is 6.10. The molecule has 1 aromatic carbocycles. The summed E-state index contributed by atoms with van der Waals surface area (Å²) in [5.41, 5.74) is 3.09. The van der Waals surface area contributed by atoms with Crippen molar-refractivity contribution in [1.29, 1.82) is 0 Å². The highest BCUT2D eigenvalue weighted by atomic mass is 16.6. The first-order chi connectivity index (χ1) is 14.1. The minimum absolute atomic E-state index is 0.0954. The third kappa shape index (κ3) is 4.45. The van der Waals surface area contributed by atoms with Crippen molar-refractivity contribution in [1.82, 2.24) is 10.3 Å². The first-order valence-corrected chi connectivity index (χ1v) is 10.1. The van der Waals surface area contributed by atoms with E-state index in [2.05, 4.69) is 25.5 Å². The van der Waals surface area contributed by atoms with Crippen LogP contribution in [0.25, 0.3) is 10.9 Å². The van der Waals surface area contributed by atoms with Crippen LogP contribution in [0.3, 0.4) is 0 Å². The predicted molar refractivity (Wildman–Crippen MR) is 112 cm³/mol. The Morgan fingerprint density at radius 1 is 1.20 bits per heavy atom. The van der Waals surface area contributed by atoms with Crippen LogP contribution in [0, 0.1) is 11.3 Å². The zero-order valence-corrected chi connectivity index (χ0v) is 18.1. The van der Waals surface area contributed by atoms with Gasteiger partial charge in [0, 0.05) is 11.1 Å². The number of nitrogens with zero attached hydrogens (tertiary/aromatic N) is 1. The van der Waals surface area contributed by atoms with Gasteiger partial charge >= 0.3 is 12.1 Å². The molecule has 1 aromatic heterocycles. The van der Waals surface area contributed by atoms with Gasteiger partial charge in [0.2, 0.25) is 0 Å². The number of carbonyl (C=O) groups excluding carboxylic acids is 3. The number of benzene rings is 1. The predicted octanol–water partition coefficient (Wildman–Crippen LogP) is 3.81. The number of fused-ring (bicyclic) bond motifs is 2. The van der Waals surface area contributed by atoms with Gasteiger partial charge in [-0.2, -0.15) is 0 Å². The maximum atomic E-state index is 13.2. The number of rotatable bonds is 3. The van der Waals surface area contributed by atoms with Gasteiger partial charge in [0.1, 0.15) is 0 Å². The van der Waals surface area contributed by atoms with Gasteiger partial charge in [-0.15, -0.1) is 0 Å². The Morgan fingerprint density at radius 2 is 1.90 bits per heavy atom. The molecule has 0 aliphatic heterocycles. The average molecular weight is 412 g/mol. The second-order valence-corrected chi connectivity index (χ2v) is 8.76. The van der Waals surface area contributed by atoms with Gasteiger partial charge in [0.25, 0.3) is 5.91 Å². The Morgan fingerprint density at radius 3 is 2.57 bits per heavy atom. The zero-order chi connectivity index (χ0) is 22.1. The number of nitrogens with one attached hydrogen (secondary N) is 1. The molecule has 0 bridgehead atoms. The Bertz CT molecular complexity index is 993. The van der Waals surface area contributed by atoms with Gasteiger partial charge in [-0.3, -0.25) is 15.1 Å². The van der Waals surface area contributed by atoms with Crippen LogP contribution in [0.15, 0.2) is 24.3 Å². The van der Waals surface area contributed by atoms with E-state index in [1.54, 1.807) is 0 Å². The number of para-hydroxylation sites is 1. The summed E-state index contributed by atoms with van der Waals surface area (Å²) in [6, 6.07) is 7.45. The lowest BCUT2D eigenvalue weighted by atomic mass is 9.70. The number of imide groups is 1. The summed E-state index contributed by atoms with van der Waals surface area (Å²) in [6.45, 7) is 8.03. The van der Waals surface area contributed by atoms with E-state index in [-0.39, 0.29) is 5.41 Å². The molecule has 1 aliphatic carbocycles. The van der Waals surface area contributed by atoms with Crippen molar-refractivity contribution < 1.29 is 23.9 Å². The summed E-state index contributed by atoms with van der Waals surface area (Å²) >= 11 is 0. The molecule has 7 heteroatoms. The van der Waals surface area contributed by atoms with Gasteiger partial charge in [-0.1, -0.05) is 39.0 Å². The Hall–Kier alpha value is -2.96. The molecule has 3 rings (SSSR count). The highest BCUT2D eigenvalue weighted by Crippen LogP contribution is 2.39. The number of esters is 1. The van der Waals surface area contributed by atoms with Crippen molar-refractivity contribution in [2.45, 2.75) is 53.1 Å². The maximum absolute atomic E-state index is 13.2. The van der Waals surface area contributed by atoms with E-state index in [0.717, 1.165) is 43.1 Å². The smallest absolute Gasteiger partial charge is 0.413 e. The molecule has 2 amide bonds. The molecule has 0 fully saturated rings. The van der Waals surface area contributed by atoms with Gasteiger partial charge in [-0.25, -0.2) is 9.59 Å². The third-order valence-electron chi connectivity index (χ3n) is 5.75. The monoisotopic (exact) mass is 412 g/mol. The molecular weight excluding hydrogens is 384 g/mol. The second kappa shape index (κ2) is 8.42. The first kappa shape index (κ1) is 21.7. The van der Waals surface area contributed by atoms with Gasteiger partial charge < -0.3 is 9.47 Å². The van der Waals surface area contributed by atoms with Crippen LogP contribution in [0.4, 0.5) is 4.79 Å². The number of pyridine rings is 1. The lowest BCUT2D eigenvalue weighted by Gasteiger charge is -2.35. The molecule has 7 nitrogen and oxygen atoms in total. The largest absolute Gasteiger partial charge is 0.453 e. The maximum Gasteiger partial charge on any atom is 0.413 e. The minimum Gasteiger partial charge on any atom is -0.453 e. The summed E-state index contributed by atoms with van der Waals surface area (Å²) in [6.07, 6.45) is 0.475. The number of carbonyl (C=O) groups is 3.